The lowest BCUT2D eigenvalue weighted by molar-refractivity contribution is -0.143. The summed E-state index contributed by atoms with van der Waals surface area (Å²) in [4.78, 5) is 0. The van der Waals surface area contributed by atoms with Gasteiger partial charge in [0, 0.05) is 25.2 Å². The highest BCUT2D eigenvalue weighted by Gasteiger charge is 2.59. The first-order valence-electron chi connectivity index (χ1n) is 9.07. The Bertz CT molecular complexity index is 377. The average molecular weight is 293 g/mol. The highest BCUT2D eigenvalue weighted by atomic mass is 15.0. The second kappa shape index (κ2) is 4.96. The number of rotatable bonds is 5. The third-order valence-electron chi connectivity index (χ3n) is 6.20. The molecule has 4 rings (SSSR count). The molecule has 0 radical (unpaired) electrons. The maximum atomic E-state index is 3.79. The van der Waals surface area contributed by atoms with E-state index in [0.29, 0.717) is 16.2 Å². The van der Waals surface area contributed by atoms with Crippen LogP contribution in [0.2, 0.25) is 0 Å². The van der Waals surface area contributed by atoms with E-state index in [1.807, 2.05) is 0 Å². The van der Waals surface area contributed by atoms with E-state index >= 15 is 0 Å². The molecule has 2 heteroatoms. The first-order valence-corrected chi connectivity index (χ1v) is 9.07. The average Bonchev–Trinajstić information content (AvgIpc) is 2.21. The van der Waals surface area contributed by atoms with E-state index in [9.17, 15) is 0 Å². The van der Waals surface area contributed by atoms with Crippen LogP contribution in [0.4, 0.5) is 0 Å². The minimum absolute atomic E-state index is 0.239. The van der Waals surface area contributed by atoms with E-state index in [1.165, 1.54) is 45.1 Å². The standard InChI is InChI=1S/C19H36N2/c1-16(2,3)21-7-6-20-14-19-10-15-8-17(4,12-19)11-18(5,9-15)13-19/h15,20-21H,6-14H2,1-5H3. The van der Waals surface area contributed by atoms with Crippen molar-refractivity contribution >= 4 is 0 Å². The van der Waals surface area contributed by atoms with E-state index in [1.54, 1.807) is 0 Å². The van der Waals surface area contributed by atoms with Gasteiger partial charge in [-0.25, -0.2) is 0 Å². The summed E-state index contributed by atoms with van der Waals surface area (Å²) in [5, 5.41) is 7.37. The summed E-state index contributed by atoms with van der Waals surface area (Å²) in [6.45, 7) is 15.3. The Morgan fingerprint density at radius 3 is 2.05 bits per heavy atom. The lowest BCUT2D eigenvalue weighted by Crippen LogP contribution is -2.58. The highest BCUT2D eigenvalue weighted by Crippen LogP contribution is 2.69. The van der Waals surface area contributed by atoms with Gasteiger partial charge < -0.3 is 10.6 Å². The molecule has 4 bridgehead atoms. The van der Waals surface area contributed by atoms with Crippen LogP contribution < -0.4 is 10.6 Å². The van der Waals surface area contributed by atoms with Crippen LogP contribution in [-0.2, 0) is 0 Å². The Hall–Kier alpha value is -0.0800. The smallest absolute Gasteiger partial charge is 0.00970 e. The molecule has 2 N–H and O–H groups in total. The third-order valence-corrected chi connectivity index (χ3v) is 6.20. The fourth-order valence-corrected chi connectivity index (χ4v) is 6.76. The SMILES string of the molecule is CC12CC3CC(C)(C1)CC(CNCCNC(C)(C)C)(C3)C2. The first-order chi connectivity index (χ1) is 9.61. The maximum Gasteiger partial charge on any atom is 0.00970 e. The number of nitrogens with one attached hydrogen (secondary N) is 2. The summed E-state index contributed by atoms with van der Waals surface area (Å²) in [6, 6.07) is 0. The fraction of sp³-hybridized carbons (Fsp3) is 1.00. The van der Waals surface area contributed by atoms with Gasteiger partial charge in [0.25, 0.3) is 0 Å². The third kappa shape index (κ3) is 3.47. The van der Waals surface area contributed by atoms with Gasteiger partial charge in [0.1, 0.15) is 0 Å². The van der Waals surface area contributed by atoms with Crippen LogP contribution in [0.3, 0.4) is 0 Å². The molecule has 0 aromatic rings. The predicted octanol–water partition coefficient (Wildman–Crippen LogP) is 3.96. The summed E-state index contributed by atoms with van der Waals surface area (Å²) in [7, 11) is 0. The van der Waals surface area contributed by atoms with E-state index in [0.717, 1.165) is 19.0 Å². The summed E-state index contributed by atoms with van der Waals surface area (Å²) in [6.07, 6.45) is 8.96. The number of hydrogen-bond acceptors (Lipinski definition) is 2. The van der Waals surface area contributed by atoms with Crippen molar-refractivity contribution in [2.45, 2.75) is 78.7 Å². The van der Waals surface area contributed by atoms with Gasteiger partial charge in [-0.2, -0.15) is 0 Å². The molecular formula is C19H36N2. The first kappa shape index (κ1) is 15.8. The van der Waals surface area contributed by atoms with E-state index < -0.39 is 0 Å². The van der Waals surface area contributed by atoms with Crippen LogP contribution >= 0.6 is 0 Å². The monoisotopic (exact) mass is 292 g/mol. The molecule has 2 unspecified atom stereocenters. The van der Waals surface area contributed by atoms with Crippen molar-refractivity contribution in [2.75, 3.05) is 19.6 Å². The minimum Gasteiger partial charge on any atom is -0.315 e. The van der Waals surface area contributed by atoms with Crippen molar-refractivity contribution in [3.63, 3.8) is 0 Å². The zero-order valence-electron chi connectivity index (χ0n) is 14.9. The second-order valence-electron chi connectivity index (χ2n) is 10.5. The molecule has 0 aromatic heterocycles. The molecule has 0 heterocycles. The van der Waals surface area contributed by atoms with E-state index in [2.05, 4.69) is 45.3 Å². The molecule has 21 heavy (non-hydrogen) atoms. The fourth-order valence-electron chi connectivity index (χ4n) is 6.76. The summed E-state index contributed by atoms with van der Waals surface area (Å²) in [5.41, 5.74) is 2.16. The van der Waals surface area contributed by atoms with Gasteiger partial charge in [0.2, 0.25) is 0 Å². The molecule has 0 amide bonds. The van der Waals surface area contributed by atoms with Crippen molar-refractivity contribution in [1.29, 1.82) is 0 Å². The van der Waals surface area contributed by atoms with Crippen molar-refractivity contribution in [2.24, 2.45) is 22.2 Å². The molecule has 2 nitrogen and oxygen atoms in total. The molecule has 2 atom stereocenters. The van der Waals surface area contributed by atoms with Gasteiger partial charge >= 0.3 is 0 Å². The topological polar surface area (TPSA) is 24.1 Å². The van der Waals surface area contributed by atoms with Crippen LogP contribution in [-0.4, -0.2) is 25.2 Å². The predicted molar refractivity (Wildman–Crippen MR) is 90.5 cm³/mol. The van der Waals surface area contributed by atoms with Crippen LogP contribution in [0.25, 0.3) is 0 Å². The lowest BCUT2D eigenvalue weighted by atomic mass is 9.40. The Balaban J connectivity index is 1.53. The quantitative estimate of drug-likeness (QED) is 0.750. The lowest BCUT2D eigenvalue weighted by Gasteiger charge is -2.65. The van der Waals surface area contributed by atoms with Gasteiger partial charge in [-0.3, -0.25) is 0 Å². The van der Waals surface area contributed by atoms with Gasteiger partial charge in [-0.15, -0.1) is 0 Å². The zero-order valence-corrected chi connectivity index (χ0v) is 14.9. The van der Waals surface area contributed by atoms with E-state index in [4.69, 9.17) is 0 Å². The molecule has 0 spiro atoms. The van der Waals surface area contributed by atoms with Crippen molar-refractivity contribution < 1.29 is 0 Å². The summed E-state index contributed by atoms with van der Waals surface area (Å²) >= 11 is 0. The molecule has 4 saturated carbocycles. The molecule has 122 valence electrons. The van der Waals surface area contributed by atoms with Gasteiger partial charge in [0.15, 0.2) is 0 Å². The van der Waals surface area contributed by atoms with Crippen LogP contribution in [0, 0.1) is 22.2 Å². The zero-order chi connectivity index (χ0) is 15.4. The van der Waals surface area contributed by atoms with Crippen LogP contribution in [0.15, 0.2) is 0 Å². The molecule has 4 fully saturated rings. The maximum absolute atomic E-state index is 3.79. The van der Waals surface area contributed by atoms with Crippen LogP contribution in [0.1, 0.15) is 73.1 Å². The molecule has 0 aromatic carbocycles. The largest absolute Gasteiger partial charge is 0.315 e. The Morgan fingerprint density at radius 1 is 0.905 bits per heavy atom. The normalized spacial score (nSPS) is 45.3. The Kier molecular flexibility index (Phi) is 3.73. The Labute approximate surface area is 131 Å². The van der Waals surface area contributed by atoms with E-state index in [-0.39, 0.29) is 5.54 Å². The van der Waals surface area contributed by atoms with Crippen molar-refractivity contribution in [1.82, 2.24) is 10.6 Å². The van der Waals surface area contributed by atoms with Crippen LogP contribution in [0.5, 0.6) is 0 Å². The van der Waals surface area contributed by atoms with Gasteiger partial charge in [-0.05, 0) is 81.5 Å². The molecule has 4 aliphatic rings. The number of hydrogen-bond donors (Lipinski definition) is 2. The Morgan fingerprint density at radius 2 is 1.52 bits per heavy atom. The minimum atomic E-state index is 0.239. The van der Waals surface area contributed by atoms with Gasteiger partial charge in [-0.1, -0.05) is 13.8 Å². The molecule has 4 aliphatic carbocycles. The summed E-state index contributed by atoms with van der Waals surface area (Å²) < 4.78 is 0. The summed E-state index contributed by atoms with van der Waals surface area (Å²) in [5.74, 6) is 1.02. The van der Waals surface area contributed by atoms with Crippen molar-refractivity contribution in [3.05, 3.63) is 0 Å². The second-order valence-corrected chi connectivity index (χ2v) is 10.5. The molecule has 0 saturated heterocycles. The van der Waals surface area contributed by atoms with Crippen molar-refractivity contribution in [3.8, 4) is 0 Å². The molecular weight excluding hydrogens is 256 g/mol. The molecule has 0 aliphatic heterocycles. The van der Waals surface area contributed by atoms with Gasteiger partial charge in [0.05, 0.1) is 0 Å². The highest BCUT2D eigenvalue weighted by molar-refractivity contribution is 5.10.